The summed E-state index contributed by atoms with van der Waals surface area (Å²) in [6, 6.07) is 7.51. The number of para-hydroxylation sites is 2. The predicted molar refractivity (Wildman–Crippen MR) is 85.2 cm³/mol. The van der Waals surface area contributed by atoms with E-state index in [-0.39, 0.29) is 12.0 Å². The van der Waals surface area contributed by atoms with E-state index < -0.39 is 0 Å². The fourth-order valence-electron chi connectivity index (χ4n) is 2.05. The number of ether oxygens (including phenoxy) is 2. The largest absolute Gasteiger partial charge is 0.486 e. The van der Waals surface area contributed by atoms with Gasteiger partial charge in [-0.3, -0.25) is 4.79 Å². The Kier molecular flexibility index (Phi) is 4.39. The maximum Gasteiger partial charge on any atom is 0.244 e. The van der Waals surface area contributed by atoms with Crippen molar-refractivity contribution in [3.05, 3.63) is 46.4 Å². The molecule has 1 N–H and O–H groups in total. The van der Waals surface area contributed by atoms with Crippen molar-refractivity contribution in [1.82, 2.24) is 10.3 Å². The highest BCUT2D eigenvalue weighted by Crippen LogP contribution is 2.30. The quantitative estimate of drug-likeness (QED) is 0.880. The molecule has 114 valence electrons. The number of carbonyl (C=O) groups is 1. The SMILES string of the molecule is Cc1nc(C=CC(=O)NCC2COc3ccccc3O2)cs1. The van der Waals surface area contributed by atoms with Gasteiger partial charge in [0.05, 0.1) is 17.2 Å². The molecule has 1 amide bonds. The van der Waals surface area contributed by atoms with Crippen LogP contribution in [0.4, 0.5) is 0 Å². The number of fused-ring (bicyclic) bond motifs is 1. The van der Waals surface area contributed by atoms with Gasteiger partial charge in [0.1, 0.15) is 12.7 Å². The fraction of sp³-hybridized carbons (Fsp3) is 0.250. The lowest BCUT2D eigenvalue weighted by atomic mass is 10.2. The van der Waals surface area contributed by atoms with Crippen LogP contribution in [-0.2, 0) is 4.79 Å². The van der Waals surface area contributed by atoms with Gasteiger partial charge < -0.3 is 14.8 Å². The summed E-state index contributed by atoms with van der Waals surface area (Å²) < 4.78 is 11.4. The van der Waals surface area contributed by atoms with Crippen LogP contribution in [0.5, 0.6) is 11.5 Å². The van der Waals surface area contributed by atoms with Gasteiger partial charge in [-0.2, -0.15) is 0 Å². The molecule has 0 radical (unpaired) electrons. The average Bonchev–Trinajstić information content (AvgIpc) is 2.96. The highest BCUT2D eigenvalue weighted by Gasteiger charge is 2.20. The number of benzene rings is 1. The molecule has 0 spiro atoms. The van der Waals surface area contributed by atoms with Crippen molar-refractivity contribution in [1.29, 1.82) is 0 Å². The van der Waals surface area contributed by atoms with Gasteiger partial charge in [-0.15, -0.1) is 11.3 Å². The van der Waals surface area contributed by atoms with E-state index >= 15 is 0 Å². The zero-order valence-corrected chi connectivity index (χ0v) is 12.9. The molecule has 0 fully saturated rings. The Hall–Kier alpha value is -2.34. The molecule has 1 aliphatic heterocycles. The van der Waals surface area contributed by atoms with Gasteiger partial charge in [-0.25, -0.2) is 4.98 Å². The van der Waals surface area contributed by atoms with Crippen molar-refractivity contribution in [2.75, 3.05) is 13.2 Å². The number of nitrogens with zero attached hydrogens (tertiary/aromatic N) is 1. The second-order valence-electron chi connectivity index (χ2n) is 4.87. The smallest absolute Gasteiger partial charge is 0.244 e. The number of thiazole rings is 1. The lowest BCUT2D eigenvalue weighted by Crippen LogP contribution is -2.40. The van der Waals surface area contributed by atoms with E-state index in [0.717, 1.165) is 16.5 Å². The first kappa shape index (κ1) is 14.6. The lowest BCUT2D eigenvalue weighted by Gasteiger charge is -2.26. The average molecular weight is 316 g/mol. The van der Waals surface area contributed by atoms with Gasteiger partial charge in [0.25, 0.3) is 0 Å². The Morgan fingerprint density at radius 1 is 1.45 bits per heavy atom. The second-order valence-corrected chi connectivity index (χ2v) is 5.93. The monoisotopic (exact) mass is 316 g/mol. The Balaban J connectivity index is 1.49. The molecule has 0 saturated carbocycles. The molecule has 1 aromatic carbocycles. The number of rotatable bonds is 4. The Morgan fingerprint density at radius 2 is 2.27 bits per heavy atom. The molecule has 1 aliphatic rings. The van der Waals surface area contributed by atoms with Crippen molar-refractivity contribution in [2.24, 2.45) is 0 Å². The number of hydrogen-bond acceptors (Lipinski definition) is 5. The Bertz CT molecular complexity index is 696. The van der Waals surface area contributed by atoms with E-state index in [1.54, 1.807) is 17.4 Å². The number of aromatic nitrogens is 1. The Morgan fingerprint density at radius 3 is 3.05 bits per heavy atom. The summed E-state index contributed by atoms with van der Waals surface area (Å²) in [7, 11) is 0. The van der Waals surface area contributed by atoms with Crippen LogP contribution in [0.15, 0.2) is 35.7 Å². The highest BCUT2D eigenvalue weighted by atomic mass is 32.1. The zero-order chi connectivity index (χ0) is 15.4. The fourth-order valence-corrected chi connectivity index (χ4v) is 2.64. The van der Waals surface area contributed by atoms with E-state index in [1.165, 1.54) is 6.08 Å². The highest BCUT2D eigenvalue weighted by molar-refractivity contribution is 7.09. The van der Waals surface area contributed by atoms with E-state index in [0.29, 0.717) is 18.9 Å². The van der Waals surface area contributed by atoms with Crippen LogP contribution in [0.25, 0.3) is 6.08 Å². The van der Waals surface area contributed by atoms with E-state index in [1.807, 2.05) is 36.6 Å². The van der Waals surface area contributed by atoms with E-state index in [2.05, 4.69) is 10.3 Å². The molecule has 0 bridgehead atoms. The van der Waals surface area contributed by atoms with Crippen molar-refractivity contribution in [3.63, 3.8) is 0 Å². The molecular formula is C16H16N2O3S. The normalized spacial score (nSPS) is 16.7. The van der Waals surface area contributed by atoms with Crippen LogP contribution in [0, 0.1) is 6.92 Å². The van der Waals surface area contributed by atoms with Crippen molar-refractivity contribution >= 4 is 23.3 Å². The molecule has 2 heterocycles. The minimum atomic E-state index is -0.186. The molecular weight excluding hydrogens is 300 g/mol. The van der Waals surface area contributed by atoms with Crippen LogP contribution in [0.1, 0.15) is 10.7 Å². The van der Waals surface area contributed by atoms with Crippen LogP contribution in [0.2, 0.25) is 0 Å². The number of aryl methyl sites for hydroxylation is 1. The van der Waals surface area contributed by atoms with Crippen molar-refractivity contribution in [2.45, 2.75) is 13.0 Å². The zero-order valence-electron chi connectivity index (χ0n) is 12.1. The first-order chi connectivity index (χ1) is 10.7. The van der Waals surface area contributed by atoms with Gasteiger partial charge in [0.15, 0.2) is 11.5 Å². The summed E-state index contributed by atoms with van der Waals surface area (Å²) in [5, 5.41) is 5.69. The van der Waals surface area contributed by atoms with Crippen LogP contribution < -0.4 is 14.8 Å². The lowest BCUT2D eigenvalue weighted by molar-refractivity contribution is -0.116. The van der Waals surface area contributed by atoms with Gasteiger partial charge in [-0.05, 0) is 25.1 Å². The summed E-state index contributed by atoms with van der Waals surface area (Å²) in [4.78, 5) is 16.1. The molecule has 1 unspecified atom stereocenters. The molecule has 6 heteroatoms. The number of carbonyl (C=O) groups excluding carboxylic acids is 1. The van der Waals surface area contributed by atoms with Gasteiger partial charge in [0.2, 0.25) is 5.91 Å². The minimum absolute atomic E-state index is 0.173. The summed E-state index contributed by atoms with van der Waals surface area (Å²) in [6.07, 6.45) is 2.99. The topological polar surface area (TPSA) is 60.5 Å². The number of hydrogen-bond donors (Lipinski definition) is 1. The third kappa shape index (κ3) is 3.65. The number of nitrogens with one attached hydrogen (secondary N) is 1. The molecule has 0 saturated heterocycles. The third-order valence-electron chi connectivity index (χ3n) is 3.11. The standard InChI is InChI=1S/C16H16N2O3S/c1-11-18-12(10-22-11)6-7-16(19)17-8-13-9-20-14-4-2-3-5-15(14)21-13/h2-7,10,13H,8-9H2,1H3,(H,17,19). The van der Waals surface area contributed by atoms with Crippen LogP contribution >= 0.6 is 11.3 Å². The van der Waals surface area contributed by atoms with Gasteiger partial charge in [-0.1, -0.05) is 12.1 Å². The first-order valence-electron chi connectivity index (χ1n) is 6.97. The summed E-state index contributed by atoms with van der Waals surface area (Å²) >= 11 is 1.56. The molecule has 1 aromatic heterocycles. The maximum atomic E-state index is 11.8. The molecule has 22 heavy (non-hydrogen) atoms. The summed E-state index contributed by atoms with van der Waals surface area (Å²) in [5.74, 6) is 1.28. The summed E-state index contributed by atoms with van der Waals surface area (Å²) in [6.45, 7) is 2.75. The molecule has 0 aliphatic carbocycles. The van der Waals surface area contributed by atoms with E-state index in [9.17, 15) is 4.79 Å². The Labute approximate surface area is 132 Å². The minimum Gasteiger partial charge on any atom is -0.486 e. The predicted octanol–water partition coefficient (Wildman–Crippen LogP) is 2.42. The molecule has 3 rings (SSSR count). The molecule has 5 nitrogen and oxygen atoms in total. The first-order valence-corrected chi connectivity index (χ1v) is 7.85. The molecule has 1 atom stereocenters. The van der Waals surface area contributed by atoms with Crippen LogP contribution in [0.3, 0.4) is 0 Å². The maximum absolute atomic E-state index is 11.8. The second kappa shape index (κ2) is 6.62. The van der Waals surface area contributed by atoms with Crippen LogP contribution in [-0.4, -0.2) is 30.1 Å². The van der Waals surface area contributed by atoms with Crippen molar-refractivity contribution < 1.29 is 14.3 Å². The van der Waals surface area contributed by atoms with Gasteiger partial charge in [0, 0.05) is 11.5 Å². The van der Waals surface area contributed by atoms with Gasteiger partial charge >= 0.3 is 0 Å². The van der Waals surface area contributed by atoms with Crippen molar-refractivity contribution in [3.8, 4) is 11.5 Å². The number of amides is 1. The molecule has 2 aromatic rings. The third-order valence-corrected chi connectivity index (χ3v) is 3.91. The van der Waals surface area contributed by atoms with E-state index in [4.69, 9.17) is 9.47 Å². The summed E-state index contributed by atoms with van der Waals surface area (Å²) in [5.41, 5.74) is 0.795.